The molecule has 5 rings (SSSR count). The summed E-state index contributed by atoms with van der Waals surface area (Å²) in [7, 11) is 0. The Hall–Kier alpha value is -2.80. The lowest BCUT2D eigenvalue weighted by atomic mass is 9.98. The first-order valence-electron chi connectivity index (χ1n) is 10.1. The number of fused-ring (bicyclic) bond motifs is 1. The number of pyridine rings is 1. The normalized spacial score (nSPS) is 21.1. The number of nitrogens with one attached hydrogen (secondary N) is 1. The Morgan fingerprint density at radius 3 is 2.90 bits per heavy atom. The maximum absolute atomic E-state index is 14.5. The number of carbonyl (C=O) groups is 1. The number of carbonyl (C=O) groups excluding carboxylic acids is 1. The fraction of sp³-hybridized carbons (Fsp3) is 0.409. The third kappa shape index (κ3) is 3.29. The standard InChI is InChI=1S/C22H23FN4O2/c1-12-21-16(22(29)27-7-6-24-20(11-27)13-2-3-13)9-18(26-19(21)10-25-12)15-5-4-14(28)8-17(15)23/h4-5,8-9,13,20,24,28H,2-3,6-7,10-11H2,1H3. The molecule has 0 bridgehead atoms. The Labute approximate surface area is 168 Å². The quantitative estimate of drug-likeness (QED) is 0.839. The van der Waals surface area contributed by atoms with Gasteiger partial charge in [0.05, 0.1) is 23.5 Å². The van der Waals surface area contributed by atoms with Crippen LogP contribution in [0.1, 0.15) is 41.4 Å². The van der Waals surface area contributed by atoms with Crippen molar-refractivity contribution in [1.29, 1.82) is 0 Å². The lowest BCUT2D eigenvalue weighted by molar-refractivity contribution is 0.0694. The molecular formula is C22H23FN4O2. The predicted octanol–water partition coefficient (Wildman–Crippen LogP) is 2.74. The van der Waals surface area contributed by atoms with E-state index in [1.165, 1.54) is 25.0 Å². The van der Waals surface area contributed by atoms with Crippen molar-refractivity contribution in [2.45, 2.75) is 32.4 Å². The summed E-state index contributed by atoms with van der Waals surface area (Å²) in [6.07, 6.45) is 2.45. The van der Waals surface area contributed by atoms with Crippen LogP contribution in [-0.2, 0) is 6.54 Å². The molecule has 1 aromatic carbocycles. The summed E-state index contributed by atoms with van der Waals surface area (Å²) in [4.78, 5) is 24.4. The molecular weight excluding hydrogens is 371 g/mol. The SMILES string of the molecule is CC1=NCc2nc(-c3ccc(O)cc3F)cc(C(=O)N3CCNC(C4CC4)C3)c21. The van der Waals surface area contributed by atoms with Gasteiger partial charge in [0.15, 0.2) is 0 Å². The summed E-state index contributed by atoms with van der Waals surface area (Å²) in [6, 6.07) is 6.00. The number of aromatic hydroxyl groups is 1. The van der Waals surface area contributed by atoms with Crippen molar-refractivity contribution < 1.29 is 14.3 Å². The molecule has 0 radical (unpaired) electrons. The Morgan fingerprint density at radius 2 is 2.14 bits per heavy atom. The summed E-state index contributed by atoms with van der Waals surface area (Å²) in [5.41, 5.74) is 3.46. The number of hydrogen-bond acceptors (Lipinski definition) is 5. The average Bonchev–Trinajstić information content (AvgIpc) is 3.50. The van der Waals surface area contributed by atoms with Gasteiger partial charge in [0.2, 0.25) is 0 Å². The third-order valence-electron chi connectivity index (χ3n) is 6.06. The monoisotopic (exact) mass is 394 g/mol. The highest BCUT2D eigenvalue weighted by molar-refractivity contribution is 6.11. The van der Waals surface area contributed by atoms with Crippen LogP contribution in [0.2, 0.25) is 0 Å². The van der Waals surface area contributed by atoms with Gasteiger partial charge in [-0.2, -0.15) is 0 Å². The summed E-state index contributed by atoms with van der Waals surface area (Å²) >= 11 is 0. The maximum atomic E-state index is 14.5. The number of phenolic OH excluding ortho intramolecular Hbond substituents is 1. The van der Waals surface area contributed by atoms with E-state index >= 15 is 0 Å². The van der Waals surface area contributed by atoms with Crippen LogP contribution in [0.4, 0.5) is 4.39 Å². The molecule has 1 aliphatic carbocycles. The van der Waals surface area contributed by atoms with Crippen molar-refractivity contribution in [3.8, 4) is 17.0 Å². The van der Waals surface area contributed by atoms with Gasteiger partial charge in [0.1, 0.15) is 11.6 Å². The number of aliphatic imine (C=N–C) groups is 1. The molecule has 3 heterocycles. The first kappa shape index (κ1) is 18.2. The molecule has 3 aliphatic rings. The zero-order valence-corrected chi connectivity index (χ0v) is 16.3. The summed E-state index contributed by atoms with van der Waals surface area (Å²) < 4.78 is 14.5. The van der Waals surface area contributed by atoms with E-state index in [0.717, 1.165) is 23.9 Å². The van der Waals surface area contributed by atoms with Crippen LogP contribution in [0, 0.1) is 11.7 Å². The summed E-state index contributed by atoms with van der Waals surface area (Å²) in [5, 5.41) is 13.0. The number of nitrogens with zero attached hydrogens (tertiary/aromatic N) is 3. The largest absolute Gasteiger partial charge is 0.508 e. The lowest BCUT2D eigenvalue weighted by Crippen LogP contribution is -2.53. The van der Waals surface area contributed by atoms with E-state index in [0.29, 0.717) is 48.5 Å². The molecule has 7 heteroatoms. The second-order valence-electron chi connectivity index (χ2n) is 8.09. The molecule has 150 valence electrons. The van der Waals surface area contributed by atoms with E-state index in [-0.39, 0.29) is 17.2 Å². The molecule has 2 fully saturated rings. The van der Waals surface area contributed by atoms with Crippen LogP contribution in [0.15, 0.2) is 29.3 Å². The van der Waals surface area contributed by atoms with Gasteiger partial charge in [-0.15, -0.1) is 0 Å². The van der Waals surface area contributed by atoms with Crippen LogP contribution in [0.3, 0.4) is 0 Å². The van der Waals surface area contributed by atoms with Crippen molar-refractivity contribution in [2.75, 3.05) is 19.6 Å². The Morgan fingerprint density at radius 1 is 1.31 bits per heavy atom. The molecule has 1 saturated heterocycles. The molecule has 6 nitrogen and oxygen atoms in total. The number of rotatable bonds is 3. The Kier molecular flexibility index (Phi) is 4.35. The highest BCUT2D eigenvalue weighted by atomic mass is 19.1. The van der Waals surface area contributed by atoms with Crippen LogP contribution in [-0.4, -0.2) is 52.3 Å². The number of halogens is 1. The minimum atomic E-state index is -0.567. The average molecular weight is 394 g/mol. The topological polar surface area (TPSA) is 77.8 Å². The van der Waals surface area contributed by atoms with Crippen molar-refractivity contribution in [3.05, 3.63) is 46.9 Å². The lowest BCUT2D eigenvalue weighted by Gasteiger charge is -2.34. The van der Waals surface area contributed by atoms with Gasteiger partial charge in [-0.3, -0.25) is 9.79 Å². The van der Waals surface area contributed by atoms with E-state index in [1.807, 2.05) is 11.8 Å². The van der Waals surface area contributed by atoms with E-state index in [2.05, 4.69) is 15.3 Å². The van der Waals surface area contributed by atoms with Crippen molar-refractivity contribution in [3.63, 3.8) is 0 Å². The van der Waals surface area contributed by atoms with E-state index in [4.69, 9.17) is 0 Å². The molecule has 1 atom stereocenters. The number of hydrogen-bond donors (Lipinski definition) is 2. The van der Waals surface area contributed by atoms with Crippen molar-refractivity contribution in [1.82, 2.24) is 15.2 Å². The van der Waals surface area contributed by atoms with Crippen LogP contribution in [0.25, 0.3) is 11.3 Å². The zero-order chi connectivity index (χ0) is 20.1. The van der Waals surface area contributed by atoms with Gasteiger partial charge < -0.3 is 15.3 Å². The molecule has 1 amide bonds. The Bertz CT molecular complexity index is 1030. The molecule has 1 saturated carbocycles. The van der Waals surface area contributed by atoms with E-state index in [1.54, 1.807) is 6.07 Å². The molecule has 29 heavy (non-hydrogen) atoms. The van der Waals surface area contributed by atoms with E-state index in [9.17, 15) is 14.3 Å². The fourth-order valence-corrected chi connectivity index (χ4v) is 4.35. The highest BCUT2D eigenvalue weighted by Gasteiger charge is 2.36. The summed E-state index contributed by atoms with van der Waals surface area (Å²) in [5.74, 6) is -0.0938. The van der Waals surface area contributed by atoms with Crippen LogP contribution >= 0.6 is 0 Å². The number of benzene rings is 1. The minimum absolute atomic E-state index is 0.0484. The summed E-state index contributed by atoms with van der Waals surface area (Å²) in [6.45, 7) is 4.40. The van der Waals surface area contributed by atoms with Gasteiger partial charge >= 0.3 is 0 Å². The number of piperazine rings is 1. The second kappa shape index (κ2) is 6.91. The Balaban J connectivity index is 1.55. The third-order valence-corrected chi connectivity index (χ3v) is 6.06. The zero-order valence-electron chi connectivity index (χ0n) is 16.3. The predicted molar refractivity (Wildman–Crippen MR) is 108 cm³/mol. The molecule has 1 unspecified atom stereocenters. The molecule has 2 N–H and O–H groups in total. The highest BCUT2D eigenvalue weighted by Crippen LogP contribution is 2.35. The van der Waals surface area contributed by atoms with E-state index < -0.39 is 5.82 Å². The molecule has 2 aromatic rings. The molecule has 1 aromatic heterocycles. The molecule has 0 spiro atoms. The van der Waals surface area contributed by atoms with Crippen molar-refractivity contribution in [2.24, 2.45) is 10.9 Å². The van der Waals surface area contributed by atoms with Crippen molar-refractivity contribution >= 4 is 11.6 Å². The van der Waals surface area contributed by atoms with Crippen LogP contribution < -0.4 is 5.32 Å². The van der Waals surface area contributed by atoms with Gasteiger partial charge in [-0.1, -0.05) is 0 Å². The minimum Gasteiger partial charge on any atom is -0.508 e. The van der Waals surface area contributed by atoms with Gasteiger partial charge in [0.25, 0.3) is 5.91 Å². The number of aromatic nitrogens is 1. The fourth-order valence-electron chi connectivity index (χ4n) is 4.35. The maximum Gasteiger partial charge on any atom is 0.254 e. The van der Waals surface area contributed by atoms with Gasteiger partial charge in [-0.05, 0) is 43.9 Å². The van der Waals surface area contributed by atoms with Crippen LogP contribution in [0.5, 0.6) is 5.75 Å². The van der Waals surface area contributed by atoms with Gasteiger partial charge in [-0.25, -0.2) is 9.37 Å². The first-order valence-corrected chi connectivity index (χ1v) is 10.1. The first-order chi connectivity index (χ1) is 14.0. The molecule has 2 aliphatic heterocycles. The number of amides is 1. The van der Waals surface area contributed by atoms with Gasteiger partial charge in [0, 0.05) is 48.6 Å². The second-order valence-corrected chi connectivity index (χ2v) is 8.09. The smallest absolute Gasteiger partial charge is 0.254 e. The number of phenols is 1.